The smallest absolute Gasteiger partial charge is 0.308 e. The van der Waals surface area contributed by atoms with E-state index in [-0.39, 0.29) is 12.3 Å². The molecule has 2 heterocycles. The number of carboxylic acids is 1. The van der Waals surface area contributed by atoms with Gasteiger partial charge in [0.15, 0.2) is 0 Å². The molecule has 6 nitrogen and oxygen atoms in total. The lowest BCUT2D eigenvalue weighted by Crippen LogP contribution is -2.28. The van der Waals surface area contributed by atoms with Gasteiger partial charge in [-0.05, 0) is 31.0 Å². The number of hydrogen-bond acceptors (Lipinski definition) is 3. The second-order valence-electron chi connectivity index (χ2n) is 5.92. The Hall–Kier alpha value is -2.37. The number of hydrogen-bond donors (Lipinski definition) is 2. The van der Waals surface area contributed by atoms with Gasteiger partial charge in [0.25, 0.3) is 0 Å². The van der Waals surface area contributed by atoms with Gasteiger partial charge in [-0.15, -0.1) is 0 Å². The second kappa shape index (κ2) is 5.44. The summed E-state index contributed by atoms with van der Waals surface area (Å²) in [6.45, 7) is 4.90. The number of benzene rings is 1. The molecule has 3 rings (SSSR count). The number of aromatic amines is 1. The van der Waals surface area contributed by atoms with E-state index < -0.39 is 11.9 Å². The number of likely N-dealkylation sites (tertiary alicyclic amines) is 1. The van der Waals surface area contributed by atoms with Gasteiger partial charge < -0.3 is 15.0 Å². The van der Waals surface area contributed by atoms with E-state index in [4.69, 9.17) is 5.11 Å². The van der Waals surface area contributed by atoms with Crippen LogP contribution in [0, 0.1) is 19.8 Å². The van der Waals surface area contributed by atoms with E-state index in [1.807, 2.05) is 13.0 Å². The molecule has 1 aliphatic heterocycles. The molecule has 0 bridgehead atoms. The molecule has 1 atom stereocenters. The lowest BCUT2D eigenvalue weighted by molar-refractivity contribution is -0.141. The van der Waals surface area contributed by atoms with Crippen molar-refractivity contribution in [2.75, 3.05) is 13.1 Å². The molecule has 116 valence electrons. The zero-order valence-corrected chi connectivity index (χ0v) is 12.7. The summed E-state index contributed by atoms with van der Waals surface area (Å²) in [5.74, 6) is -0.732. The van der Waals surface area contributed by atoms with Gasteiger partial charge in [-0.3, -0.25) is 9.59 Å². The molecule has 0 radical (unpaired) electrons. The van der Waals surface area contributed by atoms with E-state index in [1.54, 1.807) is 4.90 Å². The molecule has 1 unspecified atom stereocenters. The summed E-state index contributed by atoms with van der Waals surface area (Å²) < 4.78 is 0. The first-order chi connectivity index (χ1) is 10.5. The molecule has 1 saturated heterocycles. The highest BCUT2D eigenvalue weighted by Crippen LogP contribution is 2.21. The molecule has 6 heteroatoms. The third-order valence-electron chi connectivity index (χ3n) is 4.41. The zero-order valence-electron chi connectivity index (χ0n) is 12.7. The molecule has 0 spiro atoms. The van der Waals surface area contributed by atoms with Crippen LogP contribution in [0.15, 0.2) is 12.1 Å². The molecule has 1 fully saturated rings. The zero-order chi connectivity index (χ0) is 15.9. The van der Waals surface area contributed by atoms with Crippen LogP contribution in [0.1, 0.15) is 23.4 Å². The third kappa shape index (κ3) is 2.56. The van der Waals surface area contributed by atoms with Crippen LogP contribution in [0.5, 0.6) is 0 Å². The van der Waals surface area contributed by atoms with Gasteiger partial charge in [0.1, 0.15) is 5.82 Å². The summed E-state index contributed by atoms with van der Waals surface area (Å²) in [6.07, 6.45) is 0.707. The Bertz CT molecular complexity index is 750. The lowest BCUT2D eigenvalue weighted by atomic mass is 10.1. The van der Waals surface area contributed by atoms with Crippen LogP contribution in [0.4, 0.5) is 0 Å². The van der Waals surface area contributed by atoms with Crippen LogP contribution in [-0.2, 0) is 16.0 Å². The molecule has 1 aliphatic rings. The summed E-state index contributed by atoms with van der Waals surface area (Å²) in [7, 11) is 0. The van der Waals surface area contributed by atoms with E-state index in [9.17, 15) is 9.59 Å². The first-order valence-corrected chi connectivity index (χ1v) is 7.41. The van der Waals surface area contributed by atoms with Gasteiger partial charge in [0.05, 0.1) is 17.0 Å². The van der Waals surface area contributed by atoms with Crippen LogP contribution in [0.3, 0.4) is 0 Å². The van der Waals surface area contributed by atoms with Crippen molar-refractivity contribution < 1.29 is 14.7 Å². The second-order valence-corrected chi connectivity index (χ2v) is 5.92. The summed E-state index contributed by atoms with van der Waals surface area (Å²) in [6, 6.07) is 4.07. The number of fused-ring (bicyclic) bond motifs is 1. The van der Waals surface area contributed by atoms with Crippen LogP contribution in [0.2, 0.25) is 0 Å². The van der Waals surface area contributed by atoms with Gasteiger partial charge >= 0.3 is 5.97 Å². The summed E-state index contributed by atoms with van der Waals surface area (Å²) in [5, 5.41) is 8.99. The van der Waals surface area contributed by atoms with Gasteiger partial charge in [0, 0.05) is 25.9 Å². The number of aryl methyl sites for hydroxylation is 2. The van der Waals surface area contributed by atoms with E-state index in [2.05, 4.69) is 23.0 Å². The molecule has 2 N–H and O–H groups in total. The van der Waals surface area contributed by atoms with Crippen molar-refractivity contribution in [1.29, 1.82) is 0 Å². The Morgan fingerprint density at radius 1 is 1.45 bits per heavy atom. The van der Waals surface area contributed by atoms with Crippen molar-refractivity contribution in [2.24, 2.45) is 5.92 Å². The molecule has 1 aromatic carbocycles. The highest BCUT2D eigenvalue weighted by molar-refractivity contribution is 5.86. The van der Waals surface area contributed by atoms with Crippen molar-refractivity contribution in [1.82, 2.24) is 14.9 Å². The van der Waals surface area contributed by atoms with E-state index in [0.717, 1.165) is 22.4 Å². The number of aromatic nitrogens is 2. The molecular weight excluding hydrogens is 282 g/mol. The highest BCUT2D eigenvalue weighted by Gasteiger charge is 2.33. The molecule has 0 saturated carbocycles. The molecule has 1 amide bonds. The molecule has 22 heavy (non-hydrogen) atoms. The normalized spacial score (nSPS) is 18.4. The average molecular weight is 301 g/mol. The van der Waals surface area contributed by atoms with Gasteiger partial charge in [-0.25, -0.2) is 4.98 Å². The Balaban J connectivity index is 1.71. The maximum Gasteiger partial charge on any atom is 0.308 e. The molecule has 0 aliphatic carbocycles. The van der Waals surface area contributed by atoms with Gasteiger partial charge in [-0.2, -0.15) is 0 Å². The molecule has 1 aromatic heterocycles. The fraction of sp³-hybridized carbons (Fsp3) is 0.438. The predicted molar refractivity (Wildman–Crippen MR) is 81.6 cm³/mol. The third-order valence-corrected chi connectivity index (χ3v) is 4.41. The minimum Gasteiger partial charge on any atom is -0.481 e. The van der Waals surface area contributed by atoms with E-state index >= 15 is 0 Å². The maximum absolute atomic E-state index is 11.8. The fourth-order valence-corrected chi connectivity index (χ4v) is 2.88. The van der Waals surface area contributed by atoms with Crippen LogP contribution < -0.4 is 0 Å². The number of rotatable bonds is 4. The van der Waals surface area contributed by atoms with Crippen LogP contribution >= 0.6 is 0 Å². The van der Waals surface area contributed by atoms with Gasteiger partial charge in [-0.1, -0.05) is 6.07 Å². The monoisotopic (exact) mass is 301 g/mol. The first-order valence-electron chi connectivity index (χ1n) is 7.41. The number of carboxylic acid groups (broad SMARTS) is 1. The van der Waals surface area contributed by atoms with Crippen molar-refractivity contribution in [3.05, 3.63) is 29.1 Å². The Kier molecular flexibility index (Phi) is 3.60. The predicted octanol–water partition coefficient (Wildman–Crippen LogP) is 1.66. The Labute approximate surface area is 128 Å². The number of aliphatic carboxylic acids is 1. The quantitative estimate of drug-likeness (QED) is 0.899. The molecular formula is C16H19N3O3. The van der Waals surface area contributed by atoms with Crippen LogP contribution in [0.25, 0.3) is 11.0 Å². The Morgan fingerprint density at radius 2 is 2.23 bits per heavy atom. The number of carbonyl (C=O) groups excluding carboxylic acids is 1. The maximum atomic E-state index is 11.8. The molecule has 2 aromatic rings. The van der Waals surface area contributed by atoms with Crippen molar-refractivity contribution in [3.63, 3.8) is 0 Å². The SMILES string of the molecule is Cc1ccc2[nH]c(CCN3CC(C(=O)O)CC3=O)nc2c1C. The van der Waals surface area contributed by atoms with Crippen molar-refractivity contribution in [2.45, 2.75) is 26.7 Å². The number of nitrogens with zero attached hydrogens (tertiary/aromatic N) is 2. The highest BCUT2D eigenvalue weighted by atomic mass is 16.4. The number of amides is 1. The minimum absolute atomic E-state index is 0.0875. The minimum atomic E-state index is -0.898. The Morgan fingerprint density at radius 3 is 2.91 bits per heavy atom. The number of carbonyl (C=O) groups is 2. The number of imidazole rings is 1. The standard InChI is InChI=1S/C16H19N3O3/c1-9-3-4-12-15(10(9)2)18-13(17-12)5-6-19-8-11(16(21)22)7-14(19)20/h3-4,11H,5-8H2,1-2H3,(H,17,18)(H,21,22). The van der Waals surface area contributed by atoms with Gasteiger partial charge in [0.2, 0.25) is 5.91 Å². The summed E-state index contributed by atoms with van der Waals surface area (Å²) in [5.41, 5.74) is 4.31. The summed E-state index contributed by atoms with van der Waals surface area (Å²) in [4.78, 5) is 32.3. The van der Waals surface area contributed by atoms with E-state index in [1.165, 1.54) is 5.56 Å². The van der Waals surface area contributed by atoms with Crippen molar-refractivity contribution >= 4 is 22.9 Å². The van der Waals surface area contributed by atoms with E-state index in [0.29, 0.717) is 19.5 Å². The fourth-order valence-electron chi connectivity index (χ4n) is 2.88. The lowest BCUT2D eigenvalue weighted by Gasteiger charge is -2.14. The average Bonchev–Trinajstić information content (AvgIpc) is 3.05. The largest absolute Gasteiger partial charge is 0.481 e. The first kappa shape index (κ1) is 14.6. The summed E-state index contributed by atoms with van der Waals surface area (Å²) >= 11 is 0. The number of H-pyrrole nitrogens is 1. The number of nitrogens with one attached hydrogen (secondary N) is 1. The van der Waals surface area contributed by atoms with Crippen molar-refractivity contribution in [3.8, 4) is 0 Å². The van der Waals surface area contributed by atoms with Crippen LogP contribution in [-0.4, -0.2) is 44.9 Å². The topological polar surface area (TPSA) is 86.3 Å².